The van der Waals surface area contributed by atoms with Gasteiger partial charge in [0.1, 0.15) is 0 Å². The molecule has 0 radical (unpaired) electrons. The van der Waals surface area contributed by atoms with E-state index in [-0.39, 0.29) is 5.91 Å². The zero-order valence-corrected chi connectivity index (χ0v) is 18.6. The van der Waals surface area contributed by atoms with Gasteiger partial charge < -0.3 is 15.1 Å². The highest BCUT2D eigenvalue weighted by molar-refractivity contribution is 6.39. The van der Waals surface area contributed by atoms with Gasteiger partial charge in [-0.05, 0) is 36.6 Å². The minimum Gasteiger partial charge on any atom is -0.371 e. The summed E-state index contributed by atoms with van der Waals surface area (Å²) in [6, 6.07) is 16.1. The van der Waals surface area contributed by atoms with Crippen molar-refractivity contribution in [3.8, 4) is 0 Å². The molecule has 0 aromatic heterocycles. The van der Waals surface area contributed by atoms with Crippen LogP contribution in [-0.2, 0) is 4.79 Å². The van der Waals surface area contributed by atoms with E-state index in [2.05, 4.69) is 44.3 Å². The van der Waals surface area contributed by atoms with E-state index < -0.39 is 0 Å². The highest BCUT2D eigenvalue weighted by Gasteiger charge is 2.25. The Labute approximate surface area is 188 Å². The van der Waals surface area contributed by atoms with Crippen molar-refractivity contribution in [1.82, 2.24) is 10.2 Å². The Morgan fingerprint density at radius 3 is 2.30 bits per heavy atom. The number of benzene rings is 2. The third-order valence-corrected chi connectivity index (χ3v) is 6.60. The number of hydrogen-bond donors (Lipinski definition) is 1. The second-order valence-electron chi connectivity index (χ2n) is 8.07. The van der Waals surface area contributed by atoms with Crippen molar-refractivity contribution in [1.29, 1.82) is 0 Å². The predicted molar refractivity (Wildman–Crippen MR) is 125 cm³/mol. The first-order chi connectivity index (χ1) is 14.6. The van der Waals surface area contributed by atoms with E-state index in [9.17, 15) is 4.79 Å². The summed E-state index contributed by atoms with van der Waals surface area (Å²) in [5.74, 6) is 0.616. The smallest absolute Gasteiger partial charge is 0.234 e. The van der Waals surface area contributed by atoms with Gasteiger partial charge >= 0.3 is 0 Å². The Balaban J connectivity index is 1.19. The molecule has 1 amide bonds. The molecule has 2 aliphatic rings. The maximum Gasteiger partial charge on any atom is 0.234 e. The van der Waals surface area contributed by atoms with E-state index in [1.54, 1.807) is 0 Å². The summed E-state index contributed by atoms with van der Waals surface area (Å²) < 4.78 is 0. The Morgan fingerprint density at radius 2 is 1.60 bits per heavy atom. The van der Waals surface area contributed by atoms with Gasteiger partial charge in [-0.25, -0.2) is 0 Å². The molecule has 2 saturated heterocycles. The molecule has 4 rings (SSSR count). The van der Waals surface area contributed by atoms with Gasteiger partial charge in [0.05, 0.1) is 22.3 Å². The van der Waals surface area contributed by atoms with E-state index in [0.717, 1.165) is 57.9 Å². The van der Waals surface area contributed by atoms with E-state index in [1.165, 1.54) is 5.69 Å². The average molecular weight is 447 g/mol. The van der Waals surface area contributed by atoms with Crippen molar-refractivity contribution < 1.29 is 4.79 Å². The molecule has 2 fully saturated rings. The first-order valence-electron chi connectivity index (χ1n) is 10.6. The molecular weight excluding hydrogens is 419 g/mol. The lowest BCUT2D eigenvalue weighted by Crippen LogP contribution is -2.50. The molecule has 5 nitrogen and oxygen atoms in total. The molecule has 2 aromatic carbocycles. The maximum atomic E-state index is 12.5. The van der Waals surface area contributed by atoms with E-state index in [4.69, 9.17) is 23.2 Å². The lowest BCUT2D eigenvalue weighted by Gasteiger charge is -2.36. The number of para-hydroxylation sites is 2. The first kappa shape index (κ1) is 21.3. The molecule has 2 aromatic rings. The van der Waals surface area contributed by atoms with Crippen LogP contribution in [0.2, 0.25) is 10.0 Å². The summed E-state index contributed by atoms with van der Waals surface area (Å²) in [6.07, 6.45) is 1.12. The molecular formula is C23H28Cl2N4O. The quantitative estimate of drug-likeness (QED) is 0.732. The number of carbonyl (C=O) groups is 1. The van der Waals surface area contributed by atoms with Crippen LogP contribution in [0, 0.1) is 5.92 Å². The molecule has 0 aliphatic carbocycles. The second-order valence-corrected chi connectivity index (χ2v) is 8.89. The Morgan fingerprint density at radius 1 is 0.900 bits per heavy atom. The fourth-order valence-electron chi connectivity index (χ4n) is 4.31. The summed E-state index contributed by atoms with van der Waals surface area (Å²) in [4.78, 5) is 19.3. The van der Waals surface area contributed by atoms with Gasteiger partial charge in [0.15, 0.2) is 0 Å². The van der Waals surface area contributed by atoms with Crippen molar-refractivity contribution in [3.63, 3.8) is 0 Å². The van der Waals surface area contributed by atoms with Crippen LogP contribution >= 0.6 is 23.2 Å². The molecule has 7 heteroatoms. The lowest BCUT2D eigenvalue weighted by molar-refractivity contribution is -0.122. The topological polar surface area (TPSA) is 38.8 Å². The third-order valence-electron chi connectivity index (χ3n) is 5.99. The molecule has 0 bridgehead atoms. The number of nitrogens with one attached hydrogen (secondary N) is 1. The first-order valence-corrected chi connectivity index (χ1v) is 11.3. The largest absolute Gasteiger partial charge is 0.371 e. The molecule has 0 spiro atoms. The van der Waals surface area contributed by atoms with E-state index >= 15 is 0 Å². The number of rotatable bonds is 6. The van der Waals surface area contributed by atoms with Crippen LogP contribution in [-0.4, -0.2) is 63.2 Å². The molecule has 2 heterocycles. The Kier molecular flexibility index (Phi) is 7.03. The zero-order chi connectivity index (χ0) is 20.9. The molecule has 1 atom stereocenters. The highest BCUT2D eigenvalue weighted by atomic mass is 35.5. The van der Waals surface area contributed by atoms with Crippen molar-refractivity contribution >= 4 is 40.5 Å². The third kappa shape index (κ3) is 5.20. The number of anilines is 2. The second kappa shape index (κ2) is 9.90. The standard InChI is InChI=1S/C23H28Cl2N4O/c24-20-7-4-8-21(25)23(20)28-13-11-27(12-14-28)17-22(30)26-15-18-9-10-29(16-18)19-5-2-1-3-6-19/h1-8,18H,9-17H2,(H,26,30). The number of hydrogen-bond acceptors (Lipinski definition) is 4. The highest BCUT2D eigenvalue weighted by Crippen LogP contribution is 2.34. The van der Waals surface area contributed by atoms with Gasteiger partial charge in [-0.2, -0.15) is 0 Å². The number of carbonyl (C=O) groups excluding carboxylic acids is 1. The minimum absolute atomic E-state index is 0.109. The van der Waals surface area contributed by atoms with E-state index in [0.29, 0.717) is 22.5 Å². The van der Waals surface area contributed by atoms with Crippen LogP contribution in [0.15, 0.2) is 48.5 Å². The fourth-order valence-corrected chi connectivity index (χ4v) is 4.95. The molecule has 2 aliphatic heterocycles. The number of amides is 1. The SMILES string of the molecule is O=C(CN1CCN(c2c(Cl)cccc2Cl)CC1)NCC1CCN(c2ccccc2)C1. The number of piperazine rings is 1. The molecule has 0 saturated carbocycles. The van der Waals surface area contributed by atoms with Crippen molar-refractivity contribution in [2.75, 3.05) is 62.2 Å². The Bertz CT molecular complexity index is 835. The van der Waals surface area contributed by atoms with E-state index in [1.807, 2.05) is 24.3 Å². The van der Waals surface area contributed by atoms with Crippen molar-refractivity contribution in [2.45, 2.75) is 6.42 Å². The van der Waals surface area contributed by atoms with Crippen molar-refractivity contribution in [3.05, 3.63) is 58.6 Å². The van der Waals surface area contributed by atoms with Crippen LogP contribution in [0.5, 0.6) is 0 Å². The molecule has 30 heavy (non-hydrogen) atoms. The minimum atomic E-state index is 0.109. The Hall–Kier alpha value is -1.95. The number of halogens is 2. The summed E-state index contributed by atoms with van der Waals surface area (Å²) in [7, 11) is 0. The van der Waals surface area contributed by atoms with Gasteiger partial charge in [0, 0.05) is 51.5 Å². The zero-order valence-electron chi connectivity index (χ0n) is 17.1. The number of nitrogens with zero attached hydrogens (tertiary/aromatic N) is 3. The summed E-state index contributed by atoms with van der Waals surface area (Å²) in [5, 5.41) is 4.49. The monoisotopic (exact) mass is 446 g/mol. The maximum absolute atomic E-state index is 12.5. The van der Waals surface area contributed by atoms with Gasteiger partial charge in [-0.1, -0.05) is 47.5 Å². The van der Waals surface area contributed by atoms with Crippen LogP contribution in [0.3, 0.4) is 0 Å². The van der Waals surface area contributed by atoms with Crippen LogP contribution < -0.4 is 15.1 Å². The van der Waals surface area contributed by atoms with Gasteiger partial charge in [-0.3, -0.25) is 9.69 Å². The molecule has 1 N–H and O–H groups in total. The molecule has 1 unspecified atom stereocenters. The normalized spacial score (nSPS) is 19.9. The molecule has 160 valence electrons. The van der Waals surface area contributed by atoms with Crippen molar-refractivity contribution in [2.24, 2.45) is 5.92 Å². The van der Waals surface area contributed by atoms with Crippen LogP contribution in [0.1, 0.15) is 6.42 Å². The van der Waals surface area contributed by atoms with Crippen LogP contribution in [0.25, 0.3) is 0 Å². The van der Waals surface area contributed by atoms with Gasteiger partial charge in [0.2, 0.25) is 5.91 Å². The summed E-state index contributed by atoms with van der Waals surface area (Å²) in [6.45, 7) is 6.51. The average Bonchev–Trinajstić information content (AvgIpc) is 3.23. The fraction of sp³-hybridized carbons (Fsp3) is 0.435. The van der Waals surface area contributed by atoms with Crippen LogP contribution in [0.4, 0.5) is 11.4 Å². The lowest BCUT2D eigenvalue weighted by atomic mass is 10.1. The summed E-state index contributed by atoms with van der Waals surface area (Å²) >= 11 is 12.7. The van der Waals surface area contributed by atoms with Gasteiger partial charge in [-0.15, -0.1) is 0 Å². The summed E-state index contributed by atoms with van der Waals surface area (Å²) in [5.41, 5.74) is 2.16. The predicted octanol–water partition coefficient (Wildman–Crippen LogP) is 3.76. The van der Waals surface area contributed by atoms with Gasteiger partial charge in [0.25, 0.3) is 0 Å².